The van der Waals surface area contributed by atoms with Gasteiger partial charge in [0.2, 0.25) is 0 Å². The second-order valence-electron chi connectivity index (χ2n) is 9.22. The number of morpholine rings is 1. The van der Waals surface area contributed by atoms with Gasteiger partial charge in [-0.1, -0.05) is 36.5 Å². The van der Waals surface area contributed by atoms with E-state index in [0.717, 1.165) is 24.8 Å². The third-order valence-corrected chi connectivity index (χ3v) is 6.21. The van der Waals surface area contributed by atoms with Gasteiger partial charge in [-0.25, -0.2) is 0 Å². The molecule has 1 heterocycles. The highest BCUT2D eigenvalue weighted by Crippen LogP contribution is 2.18. The summed E-state index contributed by atoms with van der Waals surface area (Å²) in [6, 6.07) is 6.89. The van der Waals surface area contributed by atoms with Crippen LogP contribution in [0.5, 0.6) is 0 Å². The van der Waals surface area contributed by atoms with Crippen molar-refractivity contribution in [3.8, 4) is 0 Å². The van der Waals surface area contributed by atoms with Crippen LogP contribution in [0.1, 0.15) is 53.8 Å². The number of benzene rings is 1. The van der Waals surface area contributed by atoms with Crippen LogP contribution in [0.2, 0.25) is 0 Å². The van der Waals surface area contributed by atoms with Crippen LogP contribution < -0.4 is 10.6 Å². The summed E-state index contributed by atoms with van der Waals surface area (Å²) in [6.45, 7) is 9.59. The SMILES string of the molecule is C=C1/C=C\C=C/CCC(NCC(O)CNC(=O)c2ccc(C(=O)N3[C@H](C)COC[C@H]3C)cc2)C1. The first-order valence-corrected chi connectivity index (χ1v) is 12.1. The van der Waals surface area contributed by atoms with Gasteiger partial charge in [-0.05, 0) is 57.4 Å². The number of hydrogen-bond acceptors (Lipinski definition) is 5. The van der Waals surface area contributed by atoms with Gasteiger partial charge < -0.3 is 25.4 Å². The van der Waals surface area contributed by atoms with Crippen molar-refractivity contribution in [3.63, 3.8) is 0 Å². The van der Waals surface area contributed by atoms with Gasteiger partial charge >= 0.3 is 0 Å². The predicted octanol–water partition coefficient (Wildman–Crippen LogP) is 2.84. The van der Waals surface area contributed by atoms with Crippen molar-refractivity contribution < 1.29 is 19.4 Å². The molecule has 34 heavy (non-hydrogen) atoms. The molecule has 3 rings (SSSR count). The van der Waals surface area contributed by atoms with E-state index in [1.54, 1.807) is 24.3 Å². The van der Waals surface area contributed by atoms with Crippen LogP contribution >= 0.6 is 0 Å². The summed E-state index contributed by atoms with van der Waals surface area (Å²) in [5.74, 6) is -0.340. The van der Waals surface area contributed by atoms with Crippen molar-refractivity contribution >= 4 is 11.8 Å². The molecule has 1 saturated heterocycles. The van der Waals surface area contributed by atoms with Gasteiger partial charge in [0, 0.05) is 30.3 Å². The molecule has 4 atom stereocenters. The van der Waals surface area contributed by atoms with E-state index >= 15 is 0 Å². The lowest BCUT2D eigenvalue weighted by molar-refractivity contribution is -0.0249. The van der Waals surface area contributed by atoms with Crippen molar-refractivity contribution in [1.29, 1.82) is 0 Å². The number of ether oxygens (including phenoxy) is 1. The lowest BCUT2D eigenvalue weighted by atomic mass is 10.0. The molecule has 0 spiro atoms. The maximum Gasteiger partial charge on any atom is 0.254 e. The highest BCUT2D eigenvalue weighted by atomic mass is 16.5. The van der Waals surface area contributed by atoms with E-state index in [0.29, 0.717) is 30.9 Å². The van der Waals surface area contributed by atoms with E-state index < -0.39 is 6.10 Å². The smallest absolute Gasteiger partial charge is 0.254 e. The zero-order valence-corrected chi connectivity index (χ0v) is 20.2. The van der Waals surface area contributed by atoms with Gasteiger partial charge in [-0.15, -0.1) is 0 Å². The molecular weight excluding hydrogens is 430 g/mol. The summed E-state index contributed by atoms with van der Waals surface area (Å²) in [7, 11) is 0. The van der Waals surface area contributed by atoms with Gasteiger partial charge in [0.25, 0.3) is 11.8 Å². The van der Waals surface area contributed by atoms with E-state index in [4.69, 9.17) is 4.74 Å². The van der Waals surface area contributed by atoms with Gasteiger partial charge in [0.15, 0.2) is 0 Å². The molecular formula is C27H37N3O4. The van der Waals surface area contributed by atoms with E-state index in [9.17, 15) is 14.7 Å². The summed E-state index contributed by atoms with van der Waals surface area (Å²) in [5, 5.41) is 16.5. The number of nitrogens with one attached hydrogen (secondary N) is 2. The number of amides is 2. The molecule has 7 nitrogen and oxygen atoms in total. The van der Waals surface area contributed by atoms with Gasteiger partial charge in [0.1, 0.15) is 0 Å². The molecule has 0 radical (unpaired) electrons. The quantitative estimate of drug-likeness (QED) is 0.574. The molecule has 7 heteroatoms. The molecule has 1 aromatic carbocycles. The third kappa shape index (κ3) is 7.38. The zero-order valence-electron chi connectivity index (χ0n) is 20.2. The molecule has 2 unspecified atom stereocenters. The van der Waals surface area contributed by atoms with Crippen molar-refractivity contribution in [2.24, 2.45) is 0 Å². The Balaban J connectivity index is 1.46. The summed E-state index contributed by atoms with van der Waals surface area (Å²) in [4.78, 5) is 27.3. The Hall–Kier alpha value is -2.74. The monoisotopic (exact) mass is 467 g/mol. The average Bonchev–Trinajstić information content (AvgIpc) is 2.92. The molecule has 184 valence electrons. The molecule has 2 amide bonds. The van der Waals surface area contributed by atoms with Crippen molar-refractivity contribution in [3.05, 3.63) is 71.8 Å². The van der Waals surface area contributed by atoms with E-state index in [1.165, 1.54) is 0 Å². The maximum atomic E-state index is 12.9. The molecule has 1 aromatic rings. The highest BCUT2D eigenvalue weighted by Gasteiger charge is 2.30. The molecule has 0 bridgehead atoms. The molecule has 2 aliphatic rings. The topological polar surface area (TPSA) is 90.9 Å². The minimum Gasteiger partial charge on any atom is -0.390 e. The fourth-order valence-electron chi connectivity index (χ4n) is 4.33. The Labute approximate surface area is 202 Å². The fourth-order valence-corrected chi connectivity index (χ4v) is 4.33. The third-order valence-electron chi connectivity index (χ3n) is 6.21. The number of aliphatic hydroxyl groups is 1. The minimum atomic E-state index is -0.707. The second kappa shape index (κ2) is 12.6. The normalized spacial score (nSPS) is 26.0. The number of allylic oxidation sites excluding steroid dienone is 4. The van der Waals surface area contributed by atoms with Crippen LogP contribution in [-0.2, 0) is 4.74 Å². The Morgan fingerprint density at radius 1 is 1.12 bits per heavy atom. The molecule has 1 fully saturated rings. The second-order valence-corrected chi connectivity index (χ2v) is 9.22. The summed E-state index contributed by atoms with van der Waals surface area (Å²) >= 11 is 0. The average molecular weight is 468 g/mol. The first kappa shape index (κ1) is 25.9. The zero-order chi connectivity index (χ0) is 24.5. The molecule has 1 aliphatic heterocycles. The van der Waals surface area contributed by atoms with Gasteiger partial charge in [-0.3, -0.25) is 9.59 Å². The number of nitrogens with zero attached hydrogens (tertiary/aromatic N) is 1. The number of carbonyl (C=O) groups excluding carboxylic acids is 2. The van der Waals surface area contributed by atoms with Crippen LogP contribution in [0.3, 0.4) is 0 Å². The molecule has 0 aromatic heterocycles. The largest absolute Gasteiger partial charge is 0.390 e. The predicted molar refractivity (Wildman–Crippen MR) is 134 cm³/mol. The lowest BCUT2D eigenvalue weighted by Crippen LogP contribution is -2.52. The number of aliphatic hydroxyl groups excluding tert-OH is 1. The van der Waals surface area contributed by atoms with Gasteiger partial charge in [0.05, 0.1) is 31.4 Å². The highest BCUT2D eigenvalue weighted by molar-refractivity contribution is 5.98. The Morgan fingerprint density at radius 2 is 1.79 bits per heavy atom. The maximum absolute atomic E-state index is 12.9. The molecule has 3 N–H and O–H groups in total. The van der Waals surface area contributed by atoms with Crippen LogP contribution in [-0.4, -0.2) is 72.4 Å². The summed E-state index contributed by atoms with van der Waals surface area (Å²) < 4.78 is 5.50. The van der Waals surface area contributed by atoms with Crippen molar-refractivity contribution in [2.45, 2.75) is 57.3 Å². The number of hydrogen-bond donors (Lipinski definition) is 3. The van der Waals surface area contributed by atoms with Crippen molar-refractivity contribution in [2.75, 3.05) is 26.3 Å². The lowest BCUT2D eigenvalue weighted by Gasteiger charge is -2.38. The molecule has 0 saturated carbocycles. The van der Waals surface area contributed by atoms with Crippen LogP contribution in [0.4, 0.5) is 0 Å². The Morgan fingerprint density at radius 3 is 2.50 bits per heavy atom. The van der Waals surface area contributed by atoms with Crippen LogP contribution in [0.25, 0.3) is 0 Å². The van der Waals surface area contributed by atoms with E-state index in [1.807, 2.05) is 37.0 Å². The summed E-state index contributed by atoms with van der Waals surface area (Å²) in [6.07, 6.45) is 10.2. The van der Waals surface area contributed by atoms with E-state index in [-0.39, 0.29) is 36.5 Å². The van der Waals surface area contributed by atoms with Crippen molar-refractivity contribution in [1.82, 2.24) is 15.5 Å². The first-order chi connectivity index (χ1) is 16.3. The summed E-state index contributed by atoms with van der Waals surface area (Å²) in [5.41, 5.74) is 2.04. The molecule has 1 aliphatic carbocycles. The van der Waals surface area contributed by atoms with Crippen LogP contribution in [0.15, 0.2) is 60.7 Å². The van der Waals surface area contributed by atoms with Gasteiger partial charge in [-0.2, -0.15) is 0 Å². The minimum absolute atomic E-state index is 0.00666. The number of carbonyl (C=O) groups is 2. The Kier molecular flexibility index (Phi) is 9.62. The first-order valence-electron chi connectivity index (χ1n) is 12.1. The van der Waals surface area contributed by atoms with Crippen LogP contribution in [0, 0.1) is 0 Å². The number of rotatable bonds is 7. The standard InChI is InChI=1S/C27H37N3O4/c1-19-8-6-4-5-7-9-24(14-19)28-15-25(31)16-29-26(32)22-10-12-23(13-11-22)27(33)30-20(2)17-34-18-21(30)3/h4-6,8,10-13,20-21,24-25,28,31H,1,7,9,14-18H2,2-3H3,(H,29,32)/b5-4-,8-6-/t20-,21-,24?,25?/m1/s1. The Bertz CT molecular complexity index is 899. The van der Waals surface area contributed by atoms with E-state index in [2.05, 4.69) is 23.3 Å². The fraction of sp³-hybridized carbons (Fsp3) is 0.481.